The van der Waals surface area contributed by atoms with Gasteiger partial charge in [-0.3, -0.25) is 4.79 Å². The summed E-state index contributed by atoms with van der Waals surface area (Å²) in [6.07, 6.45) is 2.14. The van der Waals surface area contributed by atoms with Crippen LogP contribution in [-0.2, 0) is 29.0 Å². The van der Waals surface area contributed by atoms with E-state index in [2.05, 4.69) is 17.1 Å². The molecule has 2 aromatic heterocycles. The van der Waals surface area contributed by atoms with Crippen LogP contribution in [-0.4, -0.2) is 39.5 Å². The van der Waals surface area contributed by atoms with Crippen LogP contribution in [0.15, 0.2) is 54.2 Å². The van der Waals surface area contributed by atoms with Crippen LogP contribution in [0.3, 0.4) is 0 Å². The van der Waals surface area contributed by atoms with Crippen molar-refractivity contribution in [3.05, 3.63) is 76.0 Å². The molecule has 0 saturated heterocycles. The number of esters is 1. The third-order valence-electron chi connectivity index (χ3n) is 4.78. The molecule has 7 heteroatoms. The highest BCUT2D eigenvalue weighted by Gasteiger charge is 2.38. The summed E-state index contributed by atoms with van der Waals surface area (Å²) >= 11 is 1.37. The molecule has 1 amide bonds. The van der Waals surface area contributed by atoms with Crippen LogP contribution in [0, 0.1) is 0 Å². The SMILES string of the molecule is COC(=O)[C@H]1Cc2ncn(Cc3ccccc3)c2CN1C(=O)c1cccs1. The van der Waals surface area contributed by atoms with Gasteiger partial charge in [0.05, 0.1) is 36.2 Å². The first-order valence-electron chi connectivity index (χ1n) is 8.66. The van der Waals surface area contributed by atoms with Crippen LogP contribution in [0.25, 0.3) is 0 Å². The van der Waals surface area contributed by atoms with Crippen molar-refractivity contribution in [1.82, 2.24) is 14.5 Å². The molecule has 0 bridgehead atoms. The van der Waals surface area contributed by atoms with Gasteiger partial charge in [0, 0.05) is 13.0 Å². The summed E-state index contributed by atoms with van der Waals surface area (Å²) in [5.41, 5.74) is 2.96. The average molecular weight is 381 g/mol. The lowest BCUT2D eigenvalue weighted by atomic mass is 10.0. The Hall–Kier alpha value is -2.93. The number of methoxy groups -OCH3 is 1. The van der Waals surface area contributed by atoms with Gasteiger partial charge in [-0.2, -0.15) is 0 Å². The number of benzene rings is 1. The number of thiophene rings is 1. The van der Waals surface area contributed by atoms with Crippen molar-refractivity contribution < 1.29 is 14.3 Å². The van der Waals surface area contributed by atoms with E-state index < -0.39 is 12.0 Å². The molecule has 0 unspecified atom stereocenters. The fourth-order valence-electron chi connectivity index (χ4n) is 3.38. The predicted molar refractivity (Wildman–Crippen MR) is 101 cm³/mol. The molecule has 0 aliphatic carbocycles. The minimum absolute atomic E-state index is 0.154. The molecule has 3 heterocycles. The van der Waals surface area contributed by atoms with Gasteiger partial charge in [0.15, 0.2) is 0 Å². The number of rotatable bonds is 4. The van der Waals surface area contributed by atoms with E-state index in [0.717, 1.165) is 17.0 Å². The van der Waals surface area contributed by atoms with Crippen molar-refractivity contribution >= 4 is 23.2 Å². The third-order valence-corrected chi connectivity index (χ3v) is 5.64. The lowest BCUT2D eigenvalue weighted by Gasteiger charge is -2.33. The molecule has 1 atom stereocenters. The van der Waals surface area contributed by atoms with Crippen LogP contribution in [0.4, 0.5) is 0 Å². The van der Waals surface area contributed by atoms with Gasteiger partial charge in [0.2, 0.25) is 0 Å². The molecule has 1 aromatic carbocycles. The second kappa shape index (κ2) is 7.36. The first kappa shape index (κ1) is 17.5. The molecule has 1 aliphatic heterocycles. The number of amides is 1. The normalized spacial score (nSPS) is 16.0. The lowest BCUT2D eigenvalue weighted by Crippen LogP contribution is -2.49. The zero-order valence-corrected chi connectivity index (χ0v) is 15.7. The van der Waals surface area contributed by atoms with Crippen LogP contribution in [0.2, 0.25) is 0 Å². The molecule has 1 aliphatic rings. The second-order valence-corrected chi connectivity index (χ2v) is 7.35. The van der Waals surface area contributed by atoms with Crippen molar-refractivity contribution in [2.45, 2.75) is 25.6 Å². The van der Waals surface area contributed by atoms with Gasteiger partial charge in [-0.1, -0.05) is 36.4 Å². The van der Waals surface area contributed by atoms with Crippen molar-refractivity contribution in [3.63, 3.8) is 0 Å². The Kier molecular flexibility index (Phi) is 4.77. The Morgan fingerprint density at radius 2 is 2.04 bits per heavy atom. The zero-order chi connectivity index (χ0) is 18.8. The van der Waals surface area contributed by atoms with Crippen LogP contribution < -0.4 is 0 Å². The standard InChI is InChI=1S/C20H19N3O3S/c1-26-20(25)16-10-15-17(12-23(16)19(24)18-8-5-9-27-18)22(13-21-15)11-14-6-3-2-4-7-14/h2-9,13,16H,10-12H2,1H3/t16-/m1/s1. The van der Waals surface area contributed by atoms with E-state index in [4.69, 9.17) is 4.74 Å². The molecule has 27 heavy (non-hydrogen) atoms. The van der Waals surface area contributed by atoms with E-state index in [0.29, 0.717) is 24.4 Å². The van der Waals surface area contributed by atoms with E-state index in [1.165, 1.54) is 18.4 Å². The van der Waals surface area contributed by atoms with E-state index in [1.54, 1.807) is 17.3 Å². The minimum Gasteiger partial charge on any atom is -0.467 e. The van der Waals surface area contributed by atoms with Crippen molar-refractivity contribution in [1.29, 1.82) is 0 Å². The first-order valence-corrected chi connectivity index (χ1v) is 9.54. The van der Waals surface area contributed by atoms with Crippen LogP contribution in [0.1, 0.15) is 26.6 Å². The largest absolute Gasteiger partial charge is 0.467 e. The van der Waals surface area contributed by atoms with Gasteiger partial charge in [-0.15, -0.1) is 11.3 Å². The average Bonchev–Trinajstić information content (AvgIpc) is 3.37. The Morgan fingerprint density at radius 1 is 1.22 bits per heavy atom. The molecular formula is C20H19N3O3S. The number of carbonyl (C=O) groups is 2. The number of fused-ring (bicyclic) bond motifs is 1. The molecule has 0 fully saturated rings. The number of ether oxygens (including phenoxy) is 1. The molecule has 0 radical (unpaired) electrons. The Balaban J connectivity index is 1.66. The van der Waals surface area contributed by atoms with E-state index >= 15 is 0 Å². The molecule has 4 rings (SSSR count). The lowest BCUT2D eigenvalue weighted by molar-refractivity contribution is -0.146. The number of imidazole rings is 1. The highest BCUT2D eigenvalue weighted by Crippen LogP contribution is 2.27. The van der Waals surface area contributed by atoms with Crippen molar-refractivity contribution in [3.8, 4) is 0 Å². The quantitative estimate of drug-likeness (QED) is 0.652. The summed E-state index contributed by atoms with van der Waals surface area (Å²) in [5, 5.41) is 1.86. The first-order chi connectivity index (χ1) is 13.2. The monoisotopic (exact) mass is 381 g/mol. The Bertz CT molecular complexity index is 950. The summed E-state index contributed by atoms with van der Waals surface area (Å²) in [6.45, 7) is 1.01. The molecule has 0 saturated carbocycles. The van der Waals surface area contributed by atoms with E-state index in [1.807, 2.05) is 34.2 Å². The van der Waals surface area contributed by atoms with E-state index in [-0.39, 0.29) is 5.91 Å². The highest BCUT2D eigenvalue weighted by atomic mass is 32.1. The van der Waals surface area contributed by atoms with E-state index in [9.17, 15) is 9.59 Å². The van der Waals surface area contributed by atoms with Gasteiger partial charge >= 0.3 is 5.97 Å². The summed E-state index contributed by atoms with van der Waals surface area (Å²) < 4.78 is 6.99. The van der Waals surface area contributed by atoms with Crippen LogP contribution >= 0.6 is 11.3 Å². The number of hydrogen-bond donors (Lipinski definition) is 0. The summed E-state index contributed by atoms with van der Waals surface area (Å²) in [6, 6.07) is 13.0. The summed E-state index contributed by atoms with van der Waals surface area (Å²) in [7, 11) is 1.35. The molecule has 0 N–H and O–H groups in total. The topological polar surface area (TPSA) is 64.4 Å². The van der Waals surface area contributed by atoms with Crippen LogP contribution in [0.5, 0.6) is 0 Å². The number of carbonyl (C=O) groups excluding carboxylic acids is 2. The van der Waals surface area contributed by atoms with Gasteiger partial charge in [0.25, 0.3) is 5.91 Å². The van der Waals surface area contributed by atoms with Gasteiger partial charge in [0.1, 0.15) is 6.04 Å². The second-order valence-electron chi connectivity index (χ2n) is 6.40. The number of hydrogen-bond acceptors (Lipinski definition) is 5. The van der Waals surface area contributed by atoms with Crippen molar-refractivity contribution in [2.75, 3.05) is 7.11 Å². The van der Waals surface area contributed by atoms with Crippen molar-refractivity contribution in [2.24, 2.45) is 0 Å². The van der Waals surface area contributed by atoms with Gasteiger partial charge in [-0.25, -0.2) is 9.78 Å². The summed E-state index contributed by atoms with van der Waals surface area (Å²) in [4.78, 5) is 32.0. The maximum absolute atomic E-state index is 13.0. The van der Waals surface area contributed by atoms with Gasteiger partial charge < -0.3 is 14.2 Å². The molecule has 3 aromatic rings. The minimum atomic E-state index is -0.655. The molecule has 6 nitrogen and oxygen atoms in total. The number of nitrogens with zero attached hydrogens (tertiary/aromatic N) is 3. The third kappa shape index (κ3) is 3.38. The van der Waals surface area contributed by atoms with Gasteiger partial charge in [-0.05, 0) is 17.0 Å². The smallest absolute Gasteiger partial charge is 0.329 e. The Labute approximate surface area is 161 Å². The molecular weight excluding hydrogens is 362 g/mol. The highest BCUT2D eigenvalue weighted by molar-refractivity contribution is 7.12. The maximum Gasteiger partial charge on any atom is 0.329 e. The number of aromatic nitrogens is 2. The molecule has 138 valence electrons. The maximum atomic E-state index is 13.0. The zero-order valence-electron chi connectivity index (χ0n) is 14.9. The fourth-order valence-corrected chi connectivity index (χ4v) is 4.06. The molecule has 0 spiro atoms. The Morgan fingerprint density at radius 3 is 2.74 bits per heavy atom. The fraction of sp³-hybridized carbons (Fsp3) is 0.250. The summed E-state index contributed by atoms with van der Waals surface area (Å²) in [5.74, 6) is -0.568. The predicted octanol–water partition coefficient (Wildman–Crippen LogP) is 2.73.